The maximum absolute atomic E-state index is 13.1. The van der Waals surface area contributed by atoms with E-state index in [0.29, 0.717) is 10.1 Å². The van der Waals surface area contributed by atoms with Gasteiger partial charge in [0.2, 0.25) is 0 Å². The third kappa shape index (κ3) is 4.12. The first kappa shape index (κ1) is 21.3. The smallest absolute Gasteiger partial charge is 0.266 e. The second-order valence-corrected chi connectivity index (χ2v) is 9.30. The Balaban J connectivity index is 1.54. The van der Waals surface area contributed by atoms with Crippen molar-refractivity contribution in [2.45, 2.75) is 20.4 Å². The molecule has 0 atom stereocenters. The van der Waals surface area contributed by atoms with Crippen LogP contribution in [0.1, 0.15) is 22.4 Å². The highest BCUT2D eigenvalue weighted by atomic mass is 32.2. The molecule has 0 N–H and O–H groups in total. The van der Waals surface area contributed by atoms with Crippen molar-refractivity contribution in [3.8, 4) is 0 Å². The summed E-state index contributed by atoms with van der Waals surface area (Å²) in [7, 11) is 1.79. The average molecular weight is 452 g/mol. The number of amides is 1. The van der Waals surface area contributed by atoms with Crippen LogP contribution < -0.4 is 0 Å². The summed E-state index contributed by atoms with van der Waals surface area (Å²) in [6.45, 7) is 4.97. The lowest BCUT2D eigenvalue weighted by molar-refractivity contribution is -0.121. The van der Waals surface area contributed by atoms with Gasteiger partial charge < -0.3 is 4.57 Å². The number of hydrogen-bond acceptors (Lipinski definition) is 3. The summed E-state index contributed by atoms with van der Waals surface area (Å²) >= 11 is 1.43. The van der Waals surface area contributed by atoms with Crippen molar-refractivity contribution in [3.63, 3.8) is 0 Å². The number of nitrogens with zero attached hydrogens (tertiary/aromatic N) is 3. The standard InChI is InChI=1S/C28H25N3OS/c1-19-13-15-22(16-14-19)29-28-30(3)27(32)26(33-28)17-24-20(2)31(18-21-9-5-4-6-10-21)25-12-8-7-11-23(24)25/h4-17H,18H2,1-3H3. The minimum Gasteiger partial charge on any atom is -0.340 e. The highest BCUT2D eigenvalue weighted by Crippen LogP contribution is 2.36. The number of thioether (sulfide) groups is 1. The summed E-state index contributed by atoms with van der Waals surface area (Å²) in [6, 6.07) is 26.9. The van der Waals surface area contributed by atoms with Crippen molar-refractivity contribution in [1.82, 2.24) is 9.47 Å². The maximum Gasteiger partial charge on any atom is 0.266 e. The van der Waals surface area contributed by atoms with Crippen LogP contribution in [0, 0.1) is 13.8 Å². The van der Waals surface area contributed by atoms with Crippen molar-refractivity contribution in [3.05, 3.63) is 106 Å². The zero-order chi connectivity index (χ0) is 22.9. The van der Waals surface area contributed by atoms with Gasteiger partial charge in [0.25, 0.3) is 5.91 Å². The molecule has 33 heavy (non-hydrogen) atoms. The lowest BCUT2D eigenvalue weighted by Crippen LogP contribution is -2.23. The third-order valence-electron chi connectivity index (χ3n) is 6.00. The van der Waals surface area contributed by atoms with Gasteiger partial charge in [0, 0.05) is 35.8 Å². The average Bonchev–Trinajstić information content (AvgIpc) is 3.25. The van der Waals surface area contributed by atoms with E-state index < -0.39 is 0 Å². The molecule has 1 fully saturated rings. The lowest BCUT2D eigenvalue weighted by atomic mass is 10.1. The van der Waals surface area contributed by atoms with Gasteiger partial charge >= 0.3 is 0 Å². The number of aryl methyl sites for hydroxylation is 1. The van der Waals surface area contributed by atoms with Gasteiger partial charge in [-0.05, 0) is 55.4 Å². The number of carbonyl (C=O) groups is 1. The van der Waals surface area contributed by atoms with Crippen molar-refractivity contribution in [1.29, 1.82) is 0 Å². The van der Waals surface area contributed by atoms with Gasteiger partial charge in [-0.1, -0.05) is 66.2 Å². The van der Waals surface area contributed by atoms with E-state index in [4.69, 9.17) is 4.99 Å². The zero-order valence-electron chi connectivity index (χ0n) is 18.9. The fourth-order valence-electron chi connectivity index (χ4n) is 4.12. The Bertz CT molecular complexity index is 1400. The molecule has 3 aromatic carbocycles. The molecule has 1 amide bonds. The molecule has 0 spiro atoms. The number of hydrogen-bond donors (Lipinski definition) is 0. The first-order chi connectivity index (χ1) is 16.0. The first-order valence-electron chi connectivity index (χ1n) is 11.0. The topological polar surface area (TPSA) is 37.6 Å². The van der Waals surface area contributed by atoms with Crippen molar-refractivity contribution >= 4 is 45.5 Å². The van der Waals surface area contributed by atoms with Crippen LogP contribution in [0.15, 0.2) is 88.8 Å². The second-order valence-electron chi connectivity index (χ2n) is 8.29. The molecule has 4 aromatic rings. The van der Waals surface area contributed by atoms with E-state index in [1.807, 2.05) is 43.3 Å². The van der Waals surface area contributed by atoms with Crippen LogP contribution in [0.2, 0.25) is 0 Å². The van der Waals surface area contributed by atoms with Gasteiger partial charge in [0.05, 0.1) is 10.6 Å². The monoisotopic (exact) mass is 451 g/mol. The van der Waals surface area contributed by atoms with Crippen molar-refractivity contribution < 1.29 is 4.79 Å². The Morgan fingerprint density at radius 2 is 1.61 bits per heavy atom. The Kier molecular flexibility index (Phi) is 5.65. The number of likely N-dealkylation sites (N-methyl/N-ethyl adjacent to an activating group) is 1. The maximum atomic E-state index is 13.1. The normalized spacial score (nSPS) is 16.5. The summed E-state index contributed by atoms with van der Waals surface area (Å²) in [5, 5.41) is 1.85. The molecular formula is C28H25N3OS. The summed E-state index contributed by atoms with van der Waals surface area (Å²) in [6.07, 6.45) is 2.03. The fourth-order valence-corrected chi connectivity index (χ4v) is 5.09. The van der Waals surface area contributed by atoms with E-state index in [-0.39, 0.29) is 5.91 Å². The Morgan fingerprint density at radius 1 is 0.909 bits per heavy atom. The number of aliphatic imine (C=N–C) groups is 1. The summed E-state index contributed by atoms with van der Waals surface area (Å²) in [4.78, 5) is 20.1. The summed E-state index contributed by atoms with van der Waals surface area (Å²) < 4.78 is 2.33. The number of benzene rings is 3. The molecule has 4 nitrogen and oxygen atoms in total. The first-order valence-corrected chi connectivity index (χ1v) is 11.8. The molecule has 0 unspecified atom stereocenters. The Hall–Kier alpha value is -3.57. The molecule has 0 aliphatic carbocycles. The van der Waals surface area contributed by atoms with Gasteiger partial charge in [0.1, 0.15) is 0 Å². The van der Waals surface area contributed by atoms with Crippen LogP contribution in [0.5, 0.6) is 0 Å². The van der Waals surface area contributed by atoms with Crippen LogP contribution in [0.25, 0.3) is 17.0 Å². The molecule has 0 bridgehead atoms. The largest absolute Gasteiger partial charge is 0.340 e. The fraction of sp³-hybridized carbons (Fsp3) is 0.143. The van der Waals surface area contributed by atoms with E-state index in [2.05, 4.69) is 60.0 Å². The molecule has 0 radical (unpaired) electrons. The minimum absolute atomic E-state index is 0.0230. The molecule has 164 valence electrons. The van der Waals surface area contributed by atoms with E-state index >= 15 is 0 Å². The highest BCUT2D eigenvalue weighted by molar-refractivity contribution is 8.18. The molecule has 1 saturated heterocycles. The number of amidine groups is 1. The summed E-state index contributed by atoms with van der Waals surface area (Å²) in [5.74, 6) is -0.0230. The Morgan fingerprint density at radius 3 is 2.36 bits per heavy atom. The molecular weight excluding hydrogens is 426 g/mol. The number of aromatic nitrogens is 1. The number of carbonyl (C=O) groups excluding carboxylic acids is 1. The van der Waals surface area contributed by atoms with E-state index in [1.165, 1.54) is 28.4 Å². The number of rotatable bonds is 4. The lowest BCUT2D eigenvalue weighted by Gasteiger charge is -2.08. The van der Waals surface area contributed by atoms with Crippen LogP contribution in [0.4, 0.5) is 5.69 Å². The molecule has 1 aromatic heterocycles. The SMILES string of the molecule is Cc1ccc(N=C2SC(=Cc3c(C)n(Cc4ccccc4)c4ccccc34)C(=O)N2C)cc1. The summed E-state index contributed by atoms with van der Waals surface area (Å²) in [5.41, 5.74) is 6.68. The molecule has 1 aliphatic rings. The highest BCUT2D eigenvalue weighted by Gasteiger charge is 2.31. The van der Waals surface area contributed by atoms with Crippen molar-refractivity contribution in [2.24, 2.45) is 4.99 Å². The molecule has 2 heterocycles. The zero-order valence-corrected chi connectivity index (χ0v) is 19.8. The van der Waals surface area contributed by atoms with Gasteiger partial charge in [-0.15, -0.1) is 0 Å². The minimum atomic E-state index is -0.0230. The number of para-hydroxylation sites is 1. The van der Waals surface area contributed by atoms with Crippen LogP contribution in [-0.2, 0) is 11.3 Å². The number of fused-ring (bicyclic) bond motifs is 1. The van der Waals surface area contributed by atoms with Gasteiger partial charge in [0.15, 0.2) is 5.17 Å². The van der Waals surface area contributed by atoms with Crippen molar-refractivity contribution in [2.75, 3.05) is 7.05 Å². The predicted octanol–water partition coefficient (Wildman–Crippen LogP) is 6.54. The van der Waals surface area contributed by atoms with E-state index in [9.17, 15) is 4.79 Å². The Labute approximate surface area is 198 Å². The quantitative estimate of drug-likeness (QED) is 0.330. The van der Waals surface area contributed by atoms with E-state index in [1.54, 1.807) is 11.9 Å². The van der Waals surface area contributed by atoms with Gasteiger partial charge in [-0.3, -0.25) is 9.69 Å². The molecule has 5 rings (SSSR count). The molecule has 1 aliphatic heterocycles. The second kappa shape index (κ2) is 8.75. The van der Waals surface area contributed by atoms with Gasteiger partial charge in [-0.2, -0.15) is 0 Å². The van der Waals surface area contributed by atoms with Crippen LogP contribution in [0.3, 0.4) is 0 Å². The van der Waals surface area contributed by atoms with Gasteiger partial charge in [-0.25, -0.2) is 4.99 Å². The molecule has 0 saturated carbocycles. The molecule has 5 heteroatoms. The van der Waals surface area contributed by atoms with Crippen LogP contribution in [-0.4, -0.2) is 27.6 Å². The van der Waals surface area contributed by atoms with Crippen LogP contribution >= 0.6 is 11.8 Å². The predicted molar refractivity (Wildman–Crippen MR) is 139 cm³/mol. The third-order valence-corrected chi connectivity index (χ3v) is 7.06. The van der Waals surface area contributed by atoms with E-state index in [0.717, 1.165) is 28.9 Å².